The molecule has 0 saturated carbocycles. The van der Waals surface area contributed by atoms with Crippen molar-refractivity contribution in [3.05, 3.63) is 0 Å². The lowest BCUT2D eigenvalue weighted by Crippen LogP contribution is -2.64. The molecule has 0 rings (SSSR count). The van der Waals surface area contributed by atoms with Crippen LogP contribution in [0.5, 0.6) is 0 Å². The fourth-order valence-electron chi connectivity index (χ4n) is 7.06. The Hall–Kier alpha value is 1.34. The molecule has 0 heterocycles. The topological polar surface area (TPSA) is 114 Å². The Bertz CT molecular complexity index is 975. The van der Waals surface area contributed by atoms with Crippen LogP contribution in [0.3, 0.4) is 0 Å². The van der Waals surface area contributed by atoms with E-state index in [1.165, 1.54) is 64.2 Å². The molecule has 0 bridgehead atoms. The van der Waals surface area contributed by atoms with E-state index in [4.69, 9.17) is 33.5 Å². The number of aliphatic hydroxyl groups is 2. The Kier molecular flexibility index (Phi) is 28.7. The Labute approximate surface area is 350 Å². The number of aliphatic hydroxyl groups excluding tert-OH is 2. The van der Waals surface area contributed by atoms with Gasteiger partial charge in [-0.2, -0.15) is 0 Å². The maximum Gasteiger partial charge on any atom is 0.470 e. The van der Waals surface area contributed by atoms with Crippen LogP contribution in [0.15, 0.2) is 0 Å². The molecule has 0 aromatic carbocycles. The van der Waals surface area contributed by atoms with E-state index in [-0.39, 0.29) is 13.2 Å². The Morgan fingerprint density at radius 1 is 0.491 bits per heavy atom. The van der Waals surface area contributed by atoms with E-state index in [1.807, 2.05) is 0 Å². The summed E-state index contributed by atoms with van der Waals surface area (Å²) in [4.78, 5) is 0. The van der Waals surface area contributed by atoms with Gasteiger partial charge >= 0.3 is 34.5 Å². The molecule has 55 heavy (non-hydrogen) atoms. The van der Waals surface area contributed by atoms with E-state index in [9.17, 15) is 10.2 Å². The van der Waals surface area contributed by atoms with Gasteiger partial charge in [0.2, 0.25) is 0 Å². The molecule has 0 aromatic rings. The molecule has 0 fully saturated rings. The first-order valence-corrected chi connectivity index (χ1v) is 43.1. The van der Waals surface area contributed by atoms with Crippen LogP contribution in [0, 0.1) is 0 Å². The van der Waals surface area contributed by atoms with E-state index < -0.39 is 75.5 Å². The zero-order chi connectivity index (χ0) is 42.3. The van der Waals surface area contributed by atoms with Crippen LogP contribution >= 0.6 is 0 Å². The van der Waals surface area contributed by atoms with Crippen LogP contribution < -0.4 is 0 Å². The molecule has 0 saturated heterocycles. The maximum absolute atomic E-state index is 9.77. The summed E-state index contributed by atoms with van der Waals surface area (Å²) in [6, 6.07) is 2.66. The highest BCUT2D eigenvalue weighted by atomic mass is 28.5. The second-order valence-corrected chi connectivity index (χ2v) is 48.3. The molecule has 0 aromatic heterocycles. The van der Waals surface area contributed by atoms with Crippen LogP contribution in [0.2, 0.25) is 103 Å². The van der Waals surface area contributed by atoms with Crippen LogP contribution in [-0.2, 0) is 33.5 Å². The van der Waals surface area contributed by atoms with Gasteiger partial charge in [-0.05, 0) is 103 Å². The molecule has 10 nitrogen and oxygen atoms in total. The van der Waals surface area contributed by atoms with Gasteiger partial charge in [0.15, 0.2) is 25.0 Å². The van der Waals surface area contributed by atoms with Gasteiger partial charge < -0.3 is 43.8 Å². The predicted molar refractivity (Wildman–Crippen MR) is 252 cm³/mol. The zero-order valence-corrected chi connectivity index (χ0v) is 47.2. The summed E-state index contributed by atoms with van der Waals surface area (Å²) < 4.78 is 54.9. The van der Waals surface area contributed by atoms with Gasteiger partial charge in [0.05, 0.1) is 13.2 Å². The standard InChI is InChI=1S/C37H92O10Si8/c1-16-18-20-21-22-23-24-25-26-27-28-29-33-54(14,45-52(11,12)43-49(3,4)5)47-55(15,42-48-41-51(9,10)32-19-17-2)46-53(13,44-50(6,7)8)34-30-31-40-36-37(39)35-38/h37-39H,16-36,48H2,1-15H3. The molecule has 0 spiro atoms. The Morgan fingerprint density at radius 3 is 1.42 bits per heavy atom. The van der Waals surface area contributed by atoms with Gasteiger partial charge in [-0.25, -0.2) is 0 Å². The molecule has 2 N–H and O–H groups in total. The average Bonchev–Trinajstić information content (AvgIpc) is 3.01. The molecule has 0 aliphatic rings. The van der Waals surface area contributed by atoms with E-state index in [0.29, 0.717) is 19.1 Å². The lowest BCUT2D eigenvalue weighted by atomic mass is 10.1. The van der Waals surface area contributed by atoms with Gasteiger partial charge in [0, 0.05) is 13.2 Å². The third-order valence-electron chi connectivity index (χ3n) is 9.17. The van der Waals surface area contributed by atoms with E-state index >= 15 is 0 Å². The molecule has 332 valence electrons. The first-order valence-electron chi connectivity index (χ1n) is 22.0. The average molecular weight is 922 g/mol. The summed E-state index contributed by atoms with van der Waals surface area (Å²) in [6.45, 7) is 33.4. The van der Waals surface area contributed by atoms with Crippen molar-refractivity contribution in [2.75, 3.05) is 19.8 Å². The van der Waals surface area contributed by atoms with Crippen molar-refractivity contribution in [1.82, 2.24) is 0 Å². The molecule has 18 heteroatoms. The van der Waals surface area contributed by atoms with Crippen molar-refractivity contribution in [1.29, 1.82) is 0 Å². The van der Waals surface area contributed by atoms with Crippen molar-refractivity contribution in [2.24, 2.45) is 0 Å². The first-order chi connectivity index (χ1) is 25.3. The SMILES string of the molecule is CCCCCCCCCCCCCC[Si](C)(O[Si](C)(C)O[Si](C)(C)C)O[Si](C)(O[SiH2]O[Si](C)(C)CCCC)O[Si](C)(CCCOCC(O)CO)O[Si](C)(C)C. The van der Waals surface area contributed by atoms with Crippen molar-refractivity contribution in [2.45, 2.75) is 220 Å². The van der Waals surface area contributed by atoms with Gasteiger partial charge in [-0.3, -0.25) is 0 Å². The minimum Gasteiger partial charge on any atom is -0.441 e. The smallest absolute Gasteiger partial charge is 0.441 e. The van der Waals surface area contributed by atoms with Gasteiger partial charge in [-0.15, -0.1) is 0 Å². The van der Waals surface area contributed by atoms with E-state index in [1.54, 1.807) is 0 Å². The highest BCUT2D eigenvalue weighted by Crippen LogP contribution is 2.33. The minimum atomic E-state index is -3.39. The highest BCUT2D eigenvalue weighted by Gasteiger charge is 2.53. The van der Waals surface area contributed by atoms with Crippen molar-refractivity contribution >= 4 is 69.4 Å². The molecule has 4 unspecified atom stereocenters. The zero-order valence-electron chi connectivity index (χ0n) is 38.8. The third-order valence-corrected chi connectivity index (χ3v) is 38.1. The van der Waals surface area contributed by atoms with Crippen molar-refractivity contribution in [3.8, 4) is 0 Å². The van der Waals surface area contributed by atoms with Crippen LogP contribution in [0.1, 0.15) is 110 Å². The Morgan fingerprint density at radius 2 is 0.945 bits per heavy atom. The summed E-state index contributed by atoms with van der Waals surface area (Å²) in [5, 5.41) is 19.0. The van der Waals surface area contributed by atoms with Crippen molar-refractivity contribution < 1.29 is 43.8 Å². The van der Waals surface area contributed by atoms with Crippen LogP contribution in [0.25, 0.3) is 0 Å². The monoisotopic (exact) mass is 920 g/mol. The first kappa shape index (κ1) is 56.3. The quantitative estimate of drug-likeness (QED) is 0.0461. The third kappa shape index (κ3) is 31.8. The summed E-state index contributed by atoms with van der Waals surface area (Å²) in [5.41, 5.74) is 0. The van der Waals surface area contributed by atoms with Gasteiger partial charge in [0.1, 0.15) is 6.10 Å². The Balaban J connectivity index is 6.26. The number of ether oxygens (including phenoxy) is 1. The lowest BCUT2D eigenvalue weighted by Gasteiger charge is -2.45. The van der Waals surface area contributed by atoms with Gasteiger partial charge in [-0.1, -0.05) is 104 Å². The molecule has 0 amide bonds. The van der Waals surface area contributed by atoms with Crippen molar-refractivity contribution in [3.63, 3.8) is 0 Å². The molecular weight excluding hydrogens is 829 g/mol. The number of rotatable bonds is 37. The number of unbranched alkanes of at least 4 members (excludes halogenated alkanes) is 12. The molecule has 4 atom stereocenters. The summed E-state index contributed by atoms with van der Waals surface area (Å²) in [5.74, 6) is 0. The summed E-state index contributed by atoms with van der Waals surface area (Å²) in [6.07, 6.45) is 17.7. The second kappa shape index (κ2) is 28.0. The number of hydrogen-bond donors (Lipinski definition) is 2. The van der Waals surface area contributed by atoms with E-state index in [2.05, 4.69) is 99.0 Å². The summed E-state index contributed by atoms with van der Waals surface area (Å²) in [7, 11) is -19.0. The largest absolute Gasteiger partial charge is 0.470 e. The fraction of sp³-hybridized carbons (Fsp3) is 1.00. The van der Waals surface area contributed by atoms with Crippen LogP contribution in [-0.4, -0.2) is 106 Å². The van der Waals surface area contributed by atoms with Gasteiger partial charge in [0.25, 0.3) is 10.0 Å². The lowest BCUT2D eigenvalue weighted by molar-refractivity contribution is 0.00621. The maximum atomic E-state index is 9.77. The molecule has 0 radical (unpaired) electrons. The predicted octanol–water partition coefficient (Wildman–Crippen LogP) is 10.7. The number of hydrogen-bond acceptors (Lipinski definition) is 10. The normalized spacial score (nSPS) is 17.4. The molecule has 0 aliphatic carbocycles. The molecular formula is C37H92O10Si8. The minimum absolute atomic E-state index is 0.101. The van der Waals surface area contributed by atoms with E-state index in [0.717, 1.165) is 37.8 Å². The summed E-state index contributed by atoms with van der Waals surface area (Å²) >= 11 is 0. The molecule has 0 aliphatic heterocycles. The highest BCUT2D eigenvalue weighted by molar-refractivity contribution is 6.91. The van der Waals surface area contributed by atoms with Crippen LogP contribution in [0.4, 0.5) is 0 Å². The fourth-order valence-corrected chi connectivity index (χ4v) is 40.3. The second-order valence-electron chi connectivity index (χ2n) is 19.2.